The van der Waals surface area contributed by atoms with Crippen LogP contribution in [0.15, 0.2) is 65.1 Å². The van der Waals surface area contributed by atoms with Gasteiger partial charge in [0.2, 0.25) is 0 Å². The number of rotatable bonds is 3. The molecule has 21 heavy (non-hydrogen) atoms. The van der Waals surface area contributed by atoms with Gasteiger partial charge in [0, 0.05) is 14.5 Å². The summed E-state index contributed by atoms with van der Waals surface area (Å²) in [6.07, 6.45) is 0.110. The Kier molecular flexibility index (Phi) is 4.62. The first kappa shape index (κ1) is 15.0. The molecule has 0 saturated heterocycles. The van der Waals surface area contributed by atoms with Crippen LogP contribution in [0.1, 0.15) is 17.2 Å². The van der Waals surface area contributed by atoms with Crippen LogP contribution >= 0.6 is 38.5 Å². The molecule has 3 aromatic rings. The summed E-state index contributed by atoms with van der Waals surface area (Å²) in [5.74, 6) is 0. The maximum atomic E-state index is 10.5. The van der Waals surface area contributed by atoms with Gasteiger partial charge in [-0.05, 0) is 62.7 Å². The molecule has 3 rings (SSSR count). The minimum absolute atomic E-state index is 0.504. The lowest BCUT2D eigenvalue weighted by molar-refractivity contribution is 0.177. The number of fused-ring (bicyclic) bond motifs is 1. The van der Waals surface area contributed by atoms with Crippen molar-refractivity contribution in [2.75, 3.05) is 0 Å². The Morgan fingerprint density at radius 3 is 2.52 bits per heavy atom. The summed E-state index contributed by atoms with van der Waals surface area (Å²) in [5, 5.41) is 13.0. The van der Waals surface area contributed by atoms with Crippen LogP contribution in [-0.4, -0.2) is 5.11 Å². The van der Waals surface area contributed by atoms with Crippen molar-refractivity contribution in [2.24, 2.45) is 0 Å². The Hall–Kier alpha value is -0.910. The molecule has 0 saturated carbocycles. The third-order valence-corrected chi connectivity index (χ3v) is 4.95. The van der Waals surface area contributed by atoms with Crippen LogP contribution in [0.5, 0.6) is 0 Å². The maximum Gasteiger partial charge on any atom is 0.0841 e. The monoisotopic (exact) mass is 452 g/mol. The molecule has 0 aromatic heterocycles. The van der Waals surface area contributed by atoms with Crippen LogP contribution in [0.25, 0.3) is 10.8 Å². The Labute approximate surface area is 146 Å². The summed E-state index contributed by atoms with van der Waals surface area (Å²) in [6.45, 7) is 0. The van der Waals surface area contributed by atoms with Gasteiger partial charge in [0.15, 0.2) is 0 Å². The highest BCUT2D eigenvalue weighted by Gasteiger charge is 2.13. The van der Waals surface area contributed by atoms with E-state index in [1.54, 1.807) is 0 Å². The highest BCUT2D eigenvalue weighted by molar-refractivity contribution is 14.1. The molecule has 0 amide bonds. The topological polar surface area (TPSA) is 20.2 Å². The van der Waals surface area contributed by atoms with Gasteiger partial charge < -0.3 is 5.11 Å². The van der Waals surface area contributed by atoms with Crippen LogP contribution < -0.4 is 0 Å². The number of benzene rings is 3. The van der Waals surface area contributed by atoms with E-state index in [9.17, 15) is 5.11 Å². The number of aliphatic hydroxyl groups excluding tert-OH is 1. The fraction of sp³-hybridized carbons (Fsp3) is 0.111. The Morgan fingerprint density at radius 1 is 0.952 bits per heavy atom. The summed E-state index contributed by atoms with van der Waals surface area (Å²) in [5.41, 5.74) is 2.09. The first-order valence-electron chi connectivity index (χ1n) is 6.74. The second-order valence-electron chi connectivity index (χ2n) is 5.07. The Bertz CT molecular complexity index is 785. The molecule has 0 bridgehead atoms. The van der Waals surface area contributed by atoms with Gasteiger partial charge in [-0.1, -0.05) is 58.4 Å². The van der Waals surface area contributed by atoms with Crippen molar-refractivity contribution in [1.82, 2.24) is 0 Å². The van der Waals surface area contributed by atoms with E-state index in [1.165, 1.54) is 10.8 Å². The van der Waals surface area contributed by atoms with Gasteiger partial charge in [-0.2, -0.15) is 0 Å². The summed E-state index contributed by atoms with van der Waals surface area (Å²) < 4.78 is 2.08. The van der Waals surface area contributed by atoms with E-state index in [0.717, 1.165) is 19.2 Å². The second kappa shape index (κ2) is 6.46. The van der Waals surface area contributed by atoms with Crippen LogP contribution in [0.3, 0.4) is 0 Å². The zero-order chi connectivity index (χ0) is 14.8. The largest absolute Gasteiger partial charge is 0.388 e. The molecule has 1 N–H and O–H groups in total. The fourth-order valence-corrected chi connectivity index (χ4v) is 3.50. The molecule has 3 aromatic carbocycles. The van der Waals surface area contributed by atoms with E-state index >= 15 is 0 Å². The smallest absolute Gasteiger partial charge is 0.0841 e. The van der Waals surface area contributed by atoms with E-state index in [1.807, 2.05) is 30.3 Å². The number of hydrogen-bond acceptors (Lipinski definition) is 1. The molecular weight excluding hydrogens is 439 g/mol. The fourth-order valence-electron chi connectivity index (χ4n) is 2.47. The van der Waals surface area contributed by atoms with Gasteiger partial charge >= 0.3 is 0 Å². The van der Waals surface area contributed by atoms with Crippen LogP contribution in [0.2, 0.25) is 0 Å². The zero-order valence-electron chi connectivity index (χ0n) is 11.3. The van der Waals surface area contributed by atoms with Gasteiger partial charge in [-0.25, -0.2) is 0 Å². The highest BCUT2D eigenvalue weighted by atomic mass is 127. The Morgan fingerprint density at radius 2 is 1.71 bits per heavy atom. The van der Waals surface area contributed by atoms with Crippen molar-refractivity contribution >= 4 is 49.3 Å². The molecule has 1 atom stereocenters. The molecule has 0 heterocycles. The van der Waals surface area contributed by atoms with Crippen LogP contribution in [0, 0.1) is 3.57 Å². The zero-order valence-corrected chi connectivity index (χ0v) is 15.0. The highest BCUT2D eigenvalue weighted by Crippen LogP contribution is 2.28. The summed E-state index contributed by atoms with van der Waals surface area (Å²) in [6, 6.07) is 20.7. The average molecular weight is 453 g/mol. The minimum atomic E-state index is -0.504. The van der Waals surface area contributed by atoms with Crippen LogP contribution in [-0.2, 0) is 6.42 Å². The van der Waals surface area contributed by atoms with Gasteiger partial charge in [0.05, 0.1) is 6.10 Å². The number of halogens is 2. The molecule has 3 heteroatoms. The lowest BCUT2D eigenvalue weighted by Crippen LogP contribution is -2.03. The van der Waals surface area contributed by atoms with Gasteiger partial charge in [0.25, 0.3) is 0 Å². The van der Waals surface area contributed by atoms with Gasteiger partial charge in [-0.15, -0.1) is 0 Å². The molecular formula is C18H14BrIO. The molecule has 106 valence electrons. The van der Waals surface area contributed by atoms with Crippen LogP contribution in [0.4, 0.5) is 0 Å². The van der Waals surface area contributed by atoms with E-state index in [2.05, 4.69) is 68.9 Å². The first-order chi connectivity index (χ1) is 10.1. The summed E-state index contributed by atoms with van der Waals surface area (Å²) in [4.78, 5) is 0. The summed E-state index contributed by atoms with van der Waals surface area (Å²) >= 11 is 5.79. The normalized spacial score (nSPS) is 12.5. The van der Waals surface area contributed by atoms with Crippen molar-refractivity contribution in [2.45, 2.75) is 12.5 Å². The molecule has 1 unspecified atom stereocenters. The minimum Gasteiger partial charge on any atom is -0.388 e. The maximum absolute atomic E-state index is 10.5. The molecule has 0 fully saturated rings. The quantitative estimate of drug-likeness (QED) is 0.521. The van der Waals surface area contributed by atoms with Crippen molar-refractivity contribution in [3.8, 4) is 0 Å². The SMILES string of the molecule is OC(Cc1ccc2ccccc2c1)c1cc(I)ccc1Br. The van der Waals surface area contributed by atoms with Gasteiger partial charge in [0.1, 0.15) is 0 Å². The van der Waals surface area contributed by atoms with Gasteiger partial charge in [-0.3, -0.25) is 0 Å². The average Bonchev–Trinajstić information content (AvgIpc) is 2.49. The Balaban J connectivity index is 1.88. The molecule has 1 nitrogen and oxygen atoms in total. The van der Waals surface area contributed by atoms with Crippen molar-refractivity contribution < 1.29 is 5.11 Å². The van der Waals surface area contributed by atoms with Crippen molar-refractivity contribution in [3.05, 3.63) is 79.8 Å². The molecule has 0 spiro atoms. The predicted octanol–water partition coefficient (Wildman–Crippen LogP) is 5.48. The number of hydrogen-bond donors (Lipinski definition) is 1. The lowest BCUT2D eigenvalue weighted by atomic mass is 9.99. The third kappa shape index (κ3) is 3.47. The van der Waals surface area contributed by atoms with Crippen molar-refractivity contribution in [1.29, 1.82) is 0 Å². The lowest BCUT2D eigenvalue weighted by Gasteiger charge is -2.14. The summed E-state index contributed by atoms with van der Waals surface area (Å²) in [7, 11) is 0. The first-order valence-corrected chi connectivity index (χ1v) is 8.61. The third-order valence-electron chi connectivity index (χ3n) is 3.56. The molecule has 0 aliphatic heterocycles. The molecule has 0 aliphatic rings. The molecule has 0 radical (unpaired) electrons. The standard InChI is InChI=1S/C18H14BrIO/c19-17-8-7-15(20)11-16(17)18(21)10-12-5-6-13-3-1-2-4-14(13)9-12/h1-9,11,18,21H,10H2. The van der Waals surface area contributed by atoms with E-state index < -0.39 is 6.10 Å². The van der Waals surface area contributed by atoms with Crippen molar-refractivity contribution in [3.63, 3.8) is 0 Å². The second-order valence-corrected chi connectivity index (χ2v) is 7.17. The van der Waals surface area contributed by atoms with E-state index in [-0.39, 0.29) is 0 Å². The molecule has 0 aliphatic carbocycles. The predicted molar refractivity (Wildman–Crippen MR) is 99.5 cm³/mol. The van der Waals surface area contributed by atoms with E-state index in [4.69, 9.17) is 0 Å². The number of aliphatic hydroxyl groups is 1. The van der Waals surface area contributed by atoms with E-state index in [0.29, 0.717) is 6.42 Å².